The largest absolute Gasteiger partial charge is 0.479 e. The minimum Gasteiger partial charge on any atom is -0.479 e. The van der Waals surface area contributed by atoms with E-state index < -0.39 is 67.3 Å². The highest BCUT2D eigenvalue weighted by Crippen LogP contribution is 2.27. The van der Waals surface area contributed by atoms with Crippen LogP contribution in [-0.2, 0) is 42.9 Å². The normalized spacial score (nSPS) is 18.0. The summed E-state index contributed by atoms with van der Waals surface area (Å²) in [6.45, 7) is 5.88. The molecule has 470 valence electrons. The predicted molar refractivity (Wildman–Crippen MR) is 331 cm³/mol. The van der Waals surface area contributed by atoms with Crippen LogP contribution in [0.2, 0.25) is 0 Å². The first-order valence-corrected chi connectivity index (χ1v) is 33.6. The van der Waals surface area contributed by atoms with Gasteiger partial charge in [0.2, 0.25) is 0 Å². The summed E-state index contributed by atoms with van der Waals surface area (Å²) in [4.78, 5) is 51.3. The summed E-state index contributed by atoms with van der Waals surface area (Å²) in [6.07, 6.45) is 58.1. The maximum Gasteiger partial charge on any atom is 0.335 e. The van der Waals surface area contributed by atoms with Gasteiger partial charge in [0, 0.05) is 19.3 Å². The van der Waals surface area contributed by atoms with Gasteiger partial charge in [0.15, 0.2) is 24.6 Å². The SMILES string of the molecule is CC/C=C\C/C=C\C/C=C\C/C=C\CCC(=O)OC(COC(=O)CCCCCCCCCCCCCCCCCCCCC)COC1OC(C(=O)O)C(O)C(O)C1OC(=O)CCCCCCCCCCCCCCCCCCCCC. The monoisotopic (exact) mass is 1140 g/mol. The van der Waals surface area contributed by atoms with Crippen LogP contribution >= 0.6 is 0 Å². The smallest absolute Gasteiger partial charge is 0.335 e. The second-order valence-corrected chi connectivity index (χ2v) is 23.1. The first-order valence-electron chi connectivity index (χ1n) is 33.6. The lowest BCUT2D eigenvalue weighted by atomic mass is 9.98. The van der Waals surface area contributed by atoms with Gasteiger partial charge in [0.05, 0.1) is 6.61 Å². The molecule has 1 heterocycles. The summed E-state index contributed by atoms with van der Waals surface area (Å²) < 4.78 is 28.5. The zero-order valence-electron chi connectivity index (χ0n) is 52.0. The number of rotatable bonds is 58. The second-order valence-electron chi connectivity index (χ2n) is 23.1. The molecule has 0 aliphatic carbocycles. The van der Waals surface area contributed by atoms with Gasteiger partial charge in [-0.3, -0.25) is 14.4 Å². The van der Waals surface area contributed by atoms with E-state index in [0.29, 0.717) is 19.3 Å². The van der Waals surface area contributed by atoms with Crippen LogP contribution in [0.15, 0.2) is 48.6 Å². The van der Waals surface area contributed by atoms with Crippen LogP contribution in [-0.4, -0.2) is 89.2 Å². The third kappa shape index (κ3) is 46.7. The third-order valence-corrected chi connectivity index (χ3v) is 15.4. The summed E-state index contributed by atoms with van der Waals surface area (Å²) in [5.41, 5.74) is 0. The van der Waals surface area contributed by atoms with Crippen LogP contribution in [0.5, 0.6) is 0 Å². The molecule has 0 bridgehead atoms. The van der Waals surface area contributed by atoms with E-state index in [0.717, 1.165) is 70.6 Å². The average molecular weight is 1140 g/mol. The van der Waals surface area contributed by atoms with Crippen LogP contribution in [0.3, 0.4) is 0 Å². The van der Waals surface area contributed by atoms with Gasteiger partial charge in [-0.1, -0.05) is 301 Å². The summed E-state index contributed by atoms with van der Waals surface area (Å²) in [6, 6.07) is 0. The molecule has 12 heteroatoms. The van der Waals surface area contributed by atoms with Crippen molar-refractivity contribution >= 4 is 23.9 Å². The number of hydrogen-bond acceptors (Lipinski definition) is 11. The van der Waals surface area contributed by atoms with Crippen LogP contribution in [0.1, 0.15) is 316 Å². The molecule has 1 saturated heterocycles. The number of aliphatic hydroxyl groups excluding tert-OH is 2. The molecule has 1 aliphatic rings. The van der Waals surface area contributed by atoms with E-state index in [1.165, 1.54) is 186 Å². The van der Waals surface area contributed by atoms with Crippen LogP contribution in [0.25, 0.3) is 0 Å². The van der Waals surface area contributed by atoms with Crippen LogP contribution in [0, 0.1) is 0 Å². The Morgan fingerprint density at radius 2 is 0.778 bits per heavy atom. The number of carbonyl (C=O) groups is 4. The molecule has 1 aliphatic heterocycles. The summed E-state index contributed by atoms with van der Waals surface area (Å²) in [5.74, 6) is -3.20. The number of allylic oxidation sites excluding steroid dienone is 8. The van der Waals surface area contributed by atoms with Crippen molar-refractivity contribution in [2.75, 3.05) is 13.2 Å². The molecule has 3 N–H and O–H groups in total. The first-order chi connectivity index (χ1) is 39.6. The molecule has 12 nitrogen and oxygen atoms in total. The Morgan fingerprint density at radius 3 is 1.16 bits per heavy atom. The van der Waals surface area contributed by atoms with Gasteiger partial charge >= 0.3 is 23.9 Å². The van der Waals surface area contributed by atoms with Crippen LogP contribution < -0.4 is 0 Å². The number of carboxylic acid groups (broad SMARTS) is 1. The Bertz CT molecular complexity index is 1590. The van der Waals surface area contributed by atoms with Crippen molar-refractivity contribution in [3.63, 3.8) is 0 Å². The van der Waals surface area contributed by atoms with E-state index in [1.807, 2.05) is 12.2 Å². The fourth-order valence-electron chi connectivity index (χ4n) is 10.3. The van der Waals surface area contributed by atoms with E-state index in [4.69, 9.17) is 23.7 Å². The average Bonchev–Trinajstić information content (AvgIpc) is 3.54. The fraction of sp³-hybridized carbons (Fsp3) is 0.826. The van der Waals surface area contributed by atoms with Gasteiger partial charge in [0.1, 0.15) is 18.8 Å². The van der Waals surface area contributed by atoms with E-state index >= 15 is 0 Å². The van der Waals surface area contributed by atoms with Gasteiger partial charge in [-0.15, -0.1) is 0 Å². The molecule has 0 spiro atoms. The number of ether oxygens (including phenoxy) is 5. The first kappa shape index (κ1) is 75.7. The predicted octanol–water partition coefficient (Wildman–Crippen LogP) is 18.1. The number of carboxylic acids is 1. The van der Waals surface area contributed by atoms with Gasteiger partial charge in [-0.25, -0.2) is 4.79 Å². The summed E-state index contributed by atoms with van der Waals surface area (Å²) in [5, 5.41) is 31.6. The maximum atomic E-state index is 13.1. The molecular weight excluding hydrogens is 1020 g/mol. The Hall–Kier alpha value is -3.32. The molecule has 0 aromatic carbocycles. The fourth-order valence-corrected chi connectivity index (χ4v) is 10.3. The highest BCUT2D eigenvalue weighted by atomic mass is 16.7. The van der Waals surface area contributed by atoms with E-state index in [1.54, 1.807) is 0 Å². The third-order valence-electron chi connectivity index (χ3n) is 15.4. The summed E-state index contributed by atoms with van der Waals surface area (Å²) >= 11 is 0. The Labute approximate surface area is 494 Å². The van der Waals surface area contributed by atoms with Gasteiger partial charge in [0.25, 0.3) is 0 Å². The molecule has 81 heavy (non-hydrogen) atoms. The molecular formula is C69H122O12. The highest BCUT2D eigenvalue weighted by molar-refractivity contribution is 5.74. The molecule has 0 aromatic rings. The van der Waals surface area contributed by atoms with Gasteiger partial charge in [-0.2, -0.15) is 0 Å². The molecule has 0 saturated carbocycles. The molecule has 1 rings (SSSR count). The van der Waals surface area contributed by atoms with Gasteiger partial charge < -0.3 is 39.0 Å². The zero-order valence-corrected chi connectivity index (χ0v) is 52.0. The molecule has 0 aromatic heterocycles. The van der Waals surface area contributed by atoms with Crippen molar-refractivity contribution in [2.45, 2.75) is 353 Å². The van der Waals surface area contributed by atoms with E-state index in [9.17, 15) is 34.5 Å². The van der Waals surface area contributed by atoms with Crippen molar-refractivity contribution in [1.29, 1.82) is 0 Å². The van der Waals surface area contributed by atoms with Crippen molar-refractivity contribution in [2.24, 2.45) is 0 Å². The van der Waals surface area contributed by atoms with Crippen molar-refractivity contribution in [3.05, 3.63) is 48.6 Å². The quantitative estimate of drug-likeness (QED) is 0.0228. The van der Waals surface area contributed by atoms with Crippen LogP contribution in [0.4, 0.5) is 0 Å². The van der Waals surface area contributed by atoms with Gasteiger partial charge in [-0.05, 0) is 44.9 Å². The number of aliphatic carboxylic acids is 1. The maximum absolute atomic E-state index is 13.1. The number of hydrogen-bond donors (Lipinski definition) is 3. The van der Waals surface area contributed by atoms with Crippen molar-refractivity contribution in [3.8, 4) is 0 Å². The van der Waals surface area contributed by atoms with Crippen molar-refractivity contribution in [1.82, 2.24) is 0 Å². The lowest BCUT2D eigenvalue weighted by molar-refractivity contribution is -0.301. The topological polar surface area (TPSA) is 175 Å². The Kier molecular flexibility index (Phi) is 53.4. The summed E-state index contributed by atoms with van der Waals surface area (Å²) in [7, 11) is 0. The lowest BCUT2D eigenvalue weighted by Gasteiger charge is -2.40. The minimum atomic E-state index is -1.91. The number of aliphatic hydroxyl groups is 2. The minimum absolute atomic E-state index is 0.0453. The standard InChI is InChI=1S/C69H122O12/c1-4-7-10-13-16-19-22-25-27-29-31-33-35-38-40-43-46-49-52-55-61(70)77-58-60(79-62(71)56-53-50-47-44-41-37-24-21-18-15-12-9-6-3)59-78-69-67(65(74)64(73)66(81-69)68(75)76)80-63(72)57-54-51-48-45-42-39-36-34-32-30-28-26-23-20-17-14-11-8-5-2/h9,12,18,21,37,41,47,50,60,64-67,69,73-74H,4-8,10-11,13-17,19-20,22-36,38-40,42-46,48-49,51-59H2,1-3H3,(H,75,76)/b12-9-,21-18-,41-37-,50-47-. The molecule has 6 atom stereocenters. The highest BCUT2D eigenvalue weighted by Gasteiger charge is 2.50. The molecule has 1 fully saturated rings. The Balaban J connectivity index is 2.62. The second kappa shape index (κ2) is 57.1. The lowest BCUT2D eigenvalue weighted by Crippen LogP contribution is -2.61. The molecule has 0 amide bonds. The Morgan fingerprint density at radius 1 is 0.420 bits per heavy atom. The van der Waals surface area contributed by atoms with Crippen molar-refractivity contribution < 1.29 is 58.2 Å². The van der Waals surface area contributed by atoms with E-state index in [2.05, 4.69) is 57.2 Å². The number of carbonyl (C=O) groups excluding carboxylic acids is 3. The zero-order chi connectivity index (χ0) is 58.9. The number of esters is 3. The number of unbranched alkanes of at least 4 members (excludes halogenated alkanes) is 36. The van der Waals surface area contributed by atoms with E-state index in [-0.39, 0.29) is 25.9 Å². The molecule has 6 unspecified atom stereocenters. The molecule has 0 radical (unpaired) electrons.